The predicted molar refractivity (Wildman–Crippen MR) is 77.8 cm³/mol. The first-order valence-electron chi connectivity index (χ1n) is 7.07. The number of nitrogens with one attached hydrogen (secondary N) is 2. The van der Waals surface area contributed by atoms with Gasteiger partial charge in [-0.2, -0.15) is 0 Å². The Bertz CT molecular complexity index is 280. The van der Waals surface area contributed by atoms with Crippen LogP contribution in [-0.2, 0) is 0 Å². The first-order valence-corrected chi connectivity index (χ1v) is 7.07. The molecule has 0 saturated carbocycles. The normalized spacial score (nSPS) is 22.7. The molecule has 0 bridgehead atoms. The van der Waals surface area contributed by atoms with Gasteiger partial charge in [0, 0.05) is 23.7 Å². The molecule has 0 atom stereocenters. The van der Waals surface area contributed by atoms with E-state index < -0.39 is 0 Å². The molecule has 1 rings (SSSR count). The molecule has 1 heterocycles. The van der Waals surface area contributed by atoms with Crippen molar-refractivity contribution in [2.75, 3.05) is 6.54 Å². The minimum absolute atomic E-state index is 0.104. The topological polar surface area (TPSA) is 65.1 Å². The Labute approximate surface area is 112 Å². The summed E-state index contributed by atoms with van der Waals surface area (Å²) < 4.78 is 0. The first kappa shape index (κ1) is 15.3. The van der Waals surface area contributed by atoms with Crippen LogP contribution in [0.3, 0.4) is 0 Å². The van der Waals surface area contributed by atoms with E-state index in [1.54, 1.807) is 0 Å². The molecule has 1 fully saturated rings. The van der Waals surface area contributed by atoms with Gasteiger partial charge in [-0.15, -0.1) is 0 Å². The van der Waals surface area contributed by atoms with E-state index in [0.29, 0.717) is 6.04 Å². The molecule has 1 saturated heterocycles. The number of guanidine groups is 1. The van der Waals surface area contributed by atoms with Gasteiger partial charge < -0.3 is 16.0 Å². The Morgan fingerprint density at radius 1 is 1.28 bits per heavy atom. The van der Waals surface area contributed by atoms with E-state index in [1.165, 1.54) is 0 Å². The lowest BCUT2D eigenvalue weighted by Gasteiger charge is -2.49. The molecule has 0 aliphatic carbocycles. The van der Waals surface area contributed by atoms with Gasteiger partial charge in [0.05, 0.1) is 0 Å². The average molecular weight is 254 g/mol. The number of unbranched alkanes of at least 4 members (excludes halogenated alkanes) is 1. The van der Waals surface area contributed by atoms with Crippen LogP contribution in [0.25, 0.3) is 0 Å². The number of nitrogens with zero attached hydrogens (tertiary/aromatic N) is 1. The second-order valence-electron chi connectivity index (χ2n) is 6.89. The van der Waals surface area contributed by atoms with Crippen molar-refractivity contribution in [1.29, 1.82) is 5.41 Å². The van der Waals surface area contributed by atoms with Gasteiger partial charge in [-0.1, -0.05) is 13.3 Å². The zero-order valence-electron chi connectivity index (χ0n) is 12.6. The maximum atomic E-state index is 7.81. The number of rotatable bonds is 4. The third-order valence-corrected chi connectivity index (χ3v) is 3.67. The number of hydrogen-bond donors (Lipinski definition) is 3. The van der Waals surface area contributed by atoms with E-state index in [2.05, 4.69) is 44.8 Å². The number of nitrogens with two attached hydrogens (primary N) is 1. The quantitative estimate of drug-likeness (QED) is 0.533. The average Bonchev–Trinajstić information content (AvgIpc) is 2.12. The maximum absolute atomic E-state index is 7.81. The molecule has 1 aliphatic heterocycles. The highest BCUT2D eigenvalue weighted by Gasteiger charge is 2.40. The summed E-state index contributed by atoms with van der Waals surface area (Å²) in [5.74, 6) is 0.224. The van der Waals surface area contributed by atoms with Gasteiger partial charge in [-0.25, -0.2) is 0 Å². The van der Waals surface area contributed by atoms with Crippen molar-refractivity contribution in [3.05, 3.63) is 0 Å². The van der Waals surface area contributed by atoms with Gasteiger partial charge in [-0.3, -0.25) is 5.41 Å². The number of hydrogen-bond acceptors (Lipinski definition) is 2. The SMILES string of the molecule is CCCCN(C(=N)N)C1CC(C)(C)NC(C)(C)C1. The fourth-order valence-electron chi connectivity index (χ4n) is 3.32. The molecular formula is C14H30N4. The van der Waals surface area contributed by atoms with Crippen molar-refractivity contribution >= 4 is 5.96 Å². The van der Waals surface area contributed by atoms with Gasteiger partial charge >= 0.3 is 0 Å². The van der Waals surface area contributed by atoms with Crippen molar-refractivity contribution in [1.82, 2.24) is 10.2 Å². The van der Waals surface area contributed by atoms with E-state index in [0.717, 1.165) is 32.2 Å². The minimum Gasteiger partial charge on any atom is -0.370 e. The van der Waals surface area contributed by atoms with Crippen molar-refractivity contribution < 1.29 is 0 Å². The second kappa shape index (κ2) is 5.47. The van der Waals surface area contributed by atoms with Crippen LogP contribution in [0, 0.1) is 5.41 Å². The van der Waals surface area contributed by atoms with Crippen LogP contribution in [0.2, 0.25) is 0 Å². The molecule has 106 valence electrons. The zero-order chi connectivity index (χ0) is 14.0. The summed E-state index contributed by atoms with van der Waals surface area (Å²) in [4.78, 5) is 2.09. The lowest BCUT2D eigenvalue weighted by atomic mass is 9.79. The van der Waals surface area contributed by atoms with Crippen LogP contribution < -0.4 is 11.1 Å². The largest absolute Gasteiger partial charge is 0.370 e. The van der Waals surface area contributed by atoms with E-state index in [1.807, 2.05) is 0 Å². The molecule has 0 amide bonds. The highest BCUT2D eigenvalue weighted by molar-refractivity contribution is 5.75. The predicted octanol–water partition coefficient (Wildman–Crippen LogP) is 2.29. The summed E-state index contributed by atoms with van der Waals surface area (Å²) in [5.41, 5.74) is 5.98. The maximum Gasteiger partial charge on any atom is 0.188 e. The van der Waals surface area contributed by atoms with Crippen LogP contribution in [-0.4, -0.2) is 34.5 Å². The van der Waals surface area contributed by atoms with Crippen molar-refractivity contribution in [3.63, 3.8) is 0 Å². The van der Waals surface area contributed by atoms with Gasteiger partial charge in [0.2, 0.25) is 0 Å². The van der Waals surface area contributed by atoms with Crippen LogP contribution >= 0.6 is 0 Å². The molecule has 4 nitrogen and oxygen atoms in total. The van der Waals surface area contributed by atoms with Crippen molar-refractivity contribution in [3.8, 4) is 0 Å². The van der Waals surface area contributed by atoms with E-state index >= 15 is 0 Å². The molecular weight excluding hydrogens is 224 g/mol. The van der Waals surface area contributed by atoms with Crippen LogP contribution in [0.1, 0.15) is 60.3 Å². The number of piperidine rings is 1. The lowest BCUT2D eigenvalue weighted by molar-refractivity contribution is 0.101. The van der Waals surface area contributed by atoms with Gasteiger partial charge in [0.1, 0.15) is 0 Å². The summed E-state index contributed by atoms with van der Waals surface area (Å²) in [6.45, 7) is 12.0. The third kappa shape index (κ3) is 4.16. The van der Waals surface area contributed by atoms with E-state index in [-0.39, 0.29) is 17.0 Å². The lowest BCUT2D eigenvalue weighted by Crippen LogP contribution is -2.63. The Balaban J connectivity index is 2.80. The Hall–Kier alpha value is -0.770. The summed E-state index contributed by atoms with van der Waals surface area (Å²) in [6, 6.07) is 0.375. The van der Waals surface area contributed by atoms with E-state index in [4.69, 9.17) is 11.1 Å². The molecule has 0 aromatic carbocycles. The molecule has 18 heavy (non-hydrogen) atoms. The van der Waals surface area contributed by atoms with Crippen LogP contribution in [0.15, 0.2) is 0 Å². The molecule has 0 unspecified atom stereocenters. The van der Waals surface area contributed by atoms with Gasteiger partial charge in [0.25, 0.3) is 0 Å². The van der Waals surface area contributed by atoms with Gasteiger partial charge in [0.15, 0.2) is 5.96 Å². The van der Waals surface area contributed by atoms with E-state index in [9.17, 15) is 0 Å². The van der Waals surface area contributed by atoms with Crippen molar-refractivity contribution in [2.45, 2.75) is 77.4 Å². The molecule has 0 spiro atoms. The van der Waals surface area contributed by atoms with Crippen LogP contribution in [0.4, 0.5) is 0 Å². The molecule has 0 aromatic heterocycles. The fourth-order valence-corrected chi connectivity index (χ4v) is 3.32. The van der Waals surface area contributed by atoms with Crippen molar-refractivity contribution in [2.24, 2.45) is 5.73 Å². The Kier molecular flexibility index (Phi) is 4.65. The highest BCUT2D eigenvalue weighted by Crippen LogP contribution is 2.31. The standard InChI is InChI=1S/C14H30N4/c1-6-7-8-18(12(15)16)11-9-13(2,3)17-14(4,5)10-11/h11,17H,6-10H2,1-5H3,(H3,15,16). The third-order valence-electron chi connectivity index (χ3n) is 3.67. The summed E-state index contributed by atoms with van der Waals surface area (Å²) in [5, 5.41) is 11.5. The summed E-state index contributed by atoms with van der Waals surface area (Å²) in [6.07, 6.45) is 4.32. The zero-order valence-corrected chi connectivity index (χ0v) is 12.6. The minimum atomic E-state index is 0.104. The molecule has 1 aliphatic rings. The highest BCUT2D eigenvalue weighted by atomic mass is 15.3. The summed E-state index contributed by atoms with van der Waals surface area (Å²) in [7, 11) is 0. The molecule has 0 radical (unpaired) electrons. The summed E-state index contributed by atoms with van der Waals surface area (Å²) >= 11 is 0. The smallest absolute Gasteiger partial charge is 0.188 e. The molecule has 4 N–H and O–H groups in total. The Morgan fingerprint density at radius 3 is 2.17 bits per heavy atom. The fraction of sp³-hybridized carbons (Fsp3) is 0.929. The van der Waals surface area contributed by atoms with Crippen LogP contribution in [0.5, 0.6) is 0 Å². The molecule has 0 aromatic rings. The first-order chi connectivity index (χ1) is 8.17. The van der Waals surface area contributed by atoms with Gasteiger partial charge in [-0.05, 0) is 47.0 Å². The Morgan fingerprint density at radius 2 is 1.78 bits per heavy atom. The molecule has 4 heteroatoms. The monoisotopic (exact) mass is 254 g/mol. The second-order valence-corrected chi connectivity index (χ2v) is 6.89.